The Bertz CT molecular complexity index is 801. The quantitative estimate of drug-likeness (QED) is 0.621. The number of methoxy groups -OCH3 is 1. The number of hydrogen-bond donors (Lipinski definition) is 0. The maximum absolute atomic E-state index is 13.6. The van der Waals surface area contributed by atoms with Crippen molar-refractivity contribution >= 4 is 19.1 Å². The summed E-state index contributed by atoms with van der Waals surface area (Å²) in [5, 5.41) is 0. The van der Waals surface area contributed by atoms with Crippen molar-refractivity contribution in [1.82, 2.24) is 4.67 Å². The Balaban J connectivity index is 1.69. The lowest BCUT2D eigenvalue weighted by molar-refractivity contribution is 0.413. The molecule has 0 amide bonds. The lowest BCUT2D eigenvalue weighted by Gasteiger charge is -2.36. The van der Waals surface area contributed by atoms with Gasteiger partial charge in [-0.15, -0.1) is 0 Å². The maximum atomic E-state index is 13.6. The molecule has 2 heterocycles. The Kier molecular flexibility index (Phi) is 3.83. The van der Waals surface area contributed by atoms with Crippen molar-refractivity contribution in [3.63, 3.8) is 0 Å². The summed E-state index contributed by atoms with van der Waals surface area (Å²) in [6.07, 6.45) is 1.99. The minimum absolute atomic E-state index is 0.546. The minimum Gasteiger partial charge on any atom is -0.497 e. The zero-order chi connectivity index (χ0) is 16.6. The molecule has 0 bridgehead atoms. The van der Waals surface area contributed by atoms with Crippen molar-refractivity contribution in [1.29, 1.82) is 0 Å². The molecule has 2 aliphatic heterocycles. The van der Waals surface area contributed by atoms with E-state index in [-0.39, 0.29) is 0 Å². The highest BCUT2D eigenvalue weighted by Crippen LogP contribution is 2.63. The summed E-state index contributed by atoms with van der Waals surface area (Å²) in [4.78, 5) is 0. The first-order chi connectivity index (χ1) is 11.7. The van der Waals surface area contributed by atoms with Gasteiger partial charge in [-0.05, 0) is 30.3 Å². The highest BCUT2D eigenvalue weighted by atomic mass is 31.2. The molecular formula is C18H19N2O3P. The lowest BCUT2D eigenvalue weighted by atomic mass is 10.2. The lowest BCUT2D eigenvalue weighted by Crippen LogP contribution is -2.28. The molecule has 0 aromatic heterocycles. The molecule has 0 N–H and O–H groups in total. The molecule has 1 atom stereocenters. The summed E-state index contributed by atoms with van der Waals surface area (Å²) >= 11 is 0. The molecule has 0 unspecified atom stereocenters. The highest BCUT2D eigenvalue weighted by molar-refractivity contribution is 7.59. The van der Waals surface area contributed by atoms with Gasteiger partial charge in [0.15, 0.2) is 0 Å². The van der Waals surface area contributed by atoms with Crippen LogP contribution in [0.4, 0.5) is 5.69 Å². The van der Waals surface area contributed by atoms with E-state index in [0.717, 1.165) is 30.1 Å². The van der Waals surface area contributed by atoms with E-state index >= 15 is 0 Å². The Morgan fingerprint density at radius 1 is 1.04 bits per heavy atom. The molecule has 24 heavy (non-hydrogen) atoms. The van der Waals surface area contributed by atoms with E-state index in [9.17, 15) is 4.57 Å². The molecule has 2 aromatic carbocycles. The predicted molar refractivity (Wildman–Crippen MR) is 95.0 cm³/mol. The molecule has 6 heteroatoms. The number of nitrogens with zero attached hydrogens (tertiary/aromatic N) is 2. The van der Waals surface area contributed by atoms with Gasteiger partial charge in [0.1, 0.15) is 11.5 Å². The van der Waals surface area contributed by atoms with E-state index in [4.69, 9.17) is 9.26 Å². The van der Waals surface area contributed by atoms with Crippen LogP contribution in [0.2, 0.25) is 0 Å². The first-order valence-corrected chi connectivity index (χ1v) is 9.46. The van der Waals surface area contributed by atoms with E-state index in [1.54, 1.807) is 7.11 Å². The third-order valence-corrected chi connectivity index (χ3v) is 6.74. The van der Waals surface area contributed by atoms with Gasteiger partial charge in [-0.2, -0.15) is 0 Å². The maximum Gasteiger partial charge on any atom is 0.422 e. The van der Waals surface area contributed by atoms with E-state index in [1.165, 1.54) is 0 Å². The number of anilines is 1. The van der Waals surface area contributed by atoms with Crippen molar-refractivity contribution < 1.29 is 13.8 Å². The van der Waals surface area contributed by atoms with Crippen molar-refractivity contribution in [2.45, 2.75) is 0 Å². The van der Waals surface area contributed by atoms with E-state index in [1.807, 2.05) is 70.0 Å². The number of benzene rings is 2. The number of hydrogen-bond acceptors (Lipinski definition) is 3. The van der Waals surface area contributed by atoms with Gasteiger partial charge in [-0.3, -0.25) is 4.67 Å². The van der Waals surface area contributed by atoms with E-state index in [0.29, 0.717) is 12.3 Å². The first-order valence-electron chi connectivity index (χ1n) is 7.93. The SMILES string of the molecule is COc1ccc(N2CC=C(c3ccccc3)O[P@@]2(=O)N2CC2)cc1. The molecule has 1 saturated heterocycles. The van der Waals surface area contributed by atoms with Gasteiger partial charge in [-0.25, -0.2) is 9.24 Å². The molecule has 0 aliphatic carbocycles. The first kappa shape index (κ1) is 15.3. The summed E-state index contributed by atoms with van der Waals surface area (Å²) in [5.74, 6) is 1.47. The van der Waals surface area contributed by atoms with Gasteiger partial charge >= 0.3 is 7.67 Å². The molecule has 1 fully saturated rings. The van der Waals surface area contributed by atoms with Gasteiger partial charge in [0.2, 0.25) is 0 Å². The van der Waals surface area contributed by atoms with Crippen molar-refractivity contribution in [2.75, 3.05) is 31.4 Å². The topological polar surface area (TPSA) is 41.8 Å². The Labute approximate surface area is 141 Å². The van der Waals surface area contributed by atoms with Crippen molar-refractivity contribution in [2.24, 2.45) is 0 Å². The predicted octanol–water partition coefficient (Wildman–Crippen LogP) is 4.00. The van der Waals surface area contributed by atoms with Crippen molar-refractivity contribution in [3.05, 3.63) is 66.2 Å². The van der Waals surface area contributed by atoms with E-state index in [2.05, 4.69) is 0 Å². The Morgan fingerprint density at radius 3 is 2.38 bits per heavy atom. The average molecular weight is 342 g/mol. The summed E-state index contributed by atoms with van der Waals surface area (Å²) < 4.78 is 28.6. The molecule has 0 spiro atoms. The van der Waals surface area contributed by atoms with Crippen LogP contribution < -0.4 is 9.41 Å². The number of ether oxygens (including phenoxy) is 1. The third kappa shape index (κ3) is 2.70. The zero-order valence-corrected chi connectivity index (χ0v) is 14.4. The molecule has 2 aliphatic rings. The van der Waals surface area contributed by atoms with Crippen LogP contribution in [-0.4, -0.2) is 31.4 Å². The third-order valence-electron chi connectivity index (χ3n) is 4.18. The summed E-state index contributed by atoms with van der Waals surface area (Å²) in [7, 11) is -1.46. The second-order valence-corrected chi connectivity index (χ2v) is 7.96. The zero-order valence-electron chi connectivity index (χ0n) is 13.5. The average Bonchev–Trinajstić information content (AvgIpc) is 3.48. The fourth-order valence-corrected chi connectivity index (χ4v) is 5.04. The van der Waals surface area contributed by atoms with Crippen LogP contribution in [0.3, 0.4) is 0 Å². The largest absolute Gasteiger partial charge is 0.497 e. The molecule has 0 saturated carbocycles. The molecule has 4 rings (SSSR count). The van der Waals surface area contributed by atoms with Crippen LogP contribution in [0.5, 0.6) is 5.75 Å². The molecule has 0 radical (unpaired) electrons. The highest BCUT2D eigenvalue weighted by Gasteiger charge is 2.48. The number of rotatable bonds is 4. The molecular weight excluding hydrogens is 323 g/mol. The summed E-state index contributed by atoms with van der Waals surface area (Å²) in [6.45, 7) is 2.14. The van der Waals surface area contributed by atoms with Crippen LogP contribution in [0.1, 0.15) is 5.56 Å². The van der Waals surface area contributed by atoms with Gasteiger partial charge in [0, 0.05) is 24.3 Å². The van der Waals surface area contributed by atoms with Crippen LogP contribution in [0.25, 0.3) is 5.76 Å². The minimum atomic E-state index is -3.09. The normalized spacial score (nSPS) is 23.4. The fourth-order valence-electron chi connectivity index (χ4n) is 2.77. The smallest absolute Gasteiger partial charge is 0.422 e. The van der Waals surface area contributed by atoms with Gasteiger partial charge in [0.25, 0.3) is 0 Å². The Hall–Kier alpha value is -2.23. The van der Waals surface area contributed by atoms with E-state index < -0.39 is 7.67 Å². The van der Waals surface area contributed by atoms with Crippen molar-refractivity contribution in [3.8, 4) is 5.75 Å². The molecule has 5 nitrogen and oxygen atoms in total. The summed E-state index contributed by atoms with van der Waals surface area (Å²) in [6, 6.07) is 17.4. The van der Waals surface area contributed by atoms with Crippen LogP contribution in [-0.2, 0) is 9.09 Å². The summed E-state index contributed by atoms with van der Waals surface area (Å²) in [5.41, 5.74) is 1.82. The van der Waals surface area contributed by atoms with Crippen LogP contribution >= 0.6 is 7.67 Å². The Morgan fingerprint density at radius 2 is 1.75 bits per heavy atom. The standard InChI is InChI=1S/C18H19N2O3P/c1-22-17-9-7-16(8-10-17)20-12-11-18(15-5-3-2-4-6-15)23-24(20,21)19-13-14-19/h2-11H,12-14H2,1H3/t24-/m0/s1. The van der Waals surface area contributed by atoms with Gasteiger partial charge < -0.3 is 9.26 Å². The molecule has 2 aromatic rings. The van der Waals surface area contributed by atoms with Crippen LogP contribution in [0, 0.1) is 0 Å². The monoisotopic (exact) mass is 342 g/mol. The second-order valence-electron chi connectivity index (χ2n) is 5.75. The second kappa shape index (κ2) is 6.00. The fraction of sp³-hybridized carbons (Fsp3) is 0.222. The van der Waals surface area contributed by atoms with Gasteiger partial charge in [-0.1, -0.05) is 30.3 Å². The van der Waals surface area contributed by atoms with Crippen LogP contribution in [0.15, 0.2) is 60.7 Å². The molecule has 124 valence electrons. The van der Waals surface area contributed by atoms with Gasteiger partial charge in [0.05, 0.1) is 13.7 Å².